The van der Waals surface area contributed by atoms with E-state index in [0.29, 0.717) is 6.67 Å². The van der Waals surface area contributed by atoms with Crippen LogP contribution in [0.5, 0.6) is 0 Å². The maximum absolute atomic E-state index is 4.53. The van der Waals surface area contributed by atoms with E-state index >= 15 is 0 Å². The highest BCUT2D eigenvalue weighted by Gasteiger charge is 2.13. The molecule has 26 heavy (non-hydrogen) atoms. The second kappa shape index (κ2) is 8.77. The summed E-state index contributed by atoms with van der Waals surface area (Å²) >= 11 is 0. The van der Waals surface area contributed by atoms with Gasteiger partial charge in [0.05, 0.1) is 0 Å². The summed E-state index contributed by atoms with van der Waals surface area (Å²) in [5.41, 5.74) is 4.53. The number of amidine groups is 2. The average Bonchev–Trinajstić information content (AvgIpc) is 2.77. The molecule has 0 aliphatic carbocycles. The van der Waals surface area contributed by atoms with Crippen molar-refractivity contribution in [3.63, 3.8) is 0 Å². The minimum atomic E-state index is 0.447. The normalized spacial score (nSPS) is 12.8. The van der Waals surface area contributed by atoms with Crippen molar-refractivity contribution in [1.29, 1.82) is 0 Å². The van der Waals surface area contributed by atoms with E-state index in [9.17, 15) is 0 Å². The first kappa shape index (κ1) is 17.6. The predicted molar refractivity (Wildman–Crippen MR) is 111 cm³/mol. The van der Waals surface area contributed by atoms with Crippen LogP contribution in [0, 0.1) is 0 Å². The Balaban J connectivity index is 0.000000948. The number of benzene rings is 3. The quantitative estimate of drug-likeness (QED) is 0.704. The predicted octanol–water partition coefficient (Wildman–Crippen LogP) is 5.13. The summed E-state index contributed by atoms with van der Waals surface area (Å²) in [4.78, 5) is 9.00. The molecule has 0 radical (unpaired) electrons. The van der Waals surface area contributed by atoms with E-state index in [0.717, 1.165) is 22.8 Å². The first-order valence-corrected chi connectivity index (χ1v) is 8.97. The number of aliphatic imine (C=N–C) groups is 2. The highest BCUT2D eigenvalue weighted by molar-refractivity contribution is 6.15. The number of nitrogens with one attached hydrogen (secondary N) is 1. The lowest BCUT2D eigenvalue weighted by Gasteiger charge is -2.17. The molecular weight excluding hydrogens is 318 g/mol. The number of hydrogen-bond donors (Lipinski definition) is 1. The second-order valence-corrected chi connectivity index (χ2v) is 5.59. The van der Waals surface area contributed by atoms with Crippen molar-refractivity contribution in [1.82, 2.24) is 5.32 Å². The lowest BCUT2D eigenvalue weighted by molar-refractivity contribution is 1.00. The average molecular weight is 341 g/mol. The van der Waals surface area contributed by atoms with E-state index in [-0.39, 0.29) is 0 Å². The van der Waals surface area contributed by atoms with E-state index in [4.69, 9.17) is 0 Å². The third-order valence-electron chi connectivity index (χ3n) is 3.98. The molecule has 0 amide bonds. The molecule has 3 aromatic carbocycles. The van der Waals surface area contributed by atoms with Gasteiger partial charge < -0.3 is 5.32 Å². The van der Waals surface area contributed by atoms with Gasteiger partial charge in [-0.1, -0.05) is 92.7 Å². The lowest BCUT2D eigenvalue weighted by Crippen LogP contribution is -2.35. The summed E-state index contributed by atoms with van der Waals surface area (Å²) in [5, 5.41) is 3.36. The molecule has 3 nitrogen and oxygen atoms in total. The third-order valence-corrected chi connectivity index (χ3v) is 3.98. The van der Waals surface area contributed by atoms with E-state index in [1.165, 1.54) is 11.1 Å². The zero-order valence-corrected chi connectivity index (χ0v) is 15.2. The van der Waals surface area contributed by atoms with Crippen LogP contribution >= 0.6 is 0 Å². The highest BCUT2D eigenvalue weighted by Crippen LogP contribution is 2.20. The molecule has 130 valence electrons. The molecule has 3 heteroatoms. The topological polar surface area (TPSA) is 36.8 Å². The van der Waals surface area contributed by atoms with Gasteiger partial charge in [-0.2, -0.15) is 0 Å². The van der Waals surface area contributed by atoms with Crippen molar-refractivity contribution in [3.05, 3.63) is 96.1 Å². The van der Waals surface area contributed by atoms with Crippen LogP contribution in [0.4, 0.5) is 0 Å². The molecule has 0 aromatic heterocycles. The largest absolute Gasteiger partial charge is 0.324 e. The fraction of sp³-hybridized carbons (Fsp3) is 0.130. The molecule has 4 rings (SSSR count). The SMILES string of the molecule is CC.c1ccc(C2=NCN=C(c3cccc(-c4ccccc4)c3)N2)cc1. The molecule has 3 aromatic rings. The molecule has 0 saturated heterocycles. The van der Waals surface area contributed by atoms with Gasteiger partial charge in [0.1, 0.15) is 18.3 Å². The molecule has 1 aliphatic heterocycles. The van der Waals surface area contributed by atoms with Gasteiger partial charge in [-0.05, 0) is 17.2 Å². The van der Waals surface area contributed by atoms with Crippen molar-refractivity contribution in [3.8, 4) is 11.1 Å². The van der Waals surface area contributed by atoms with Gasteiger partial charge in [-0.15, -0.1) is 0 Å². The summed E-state index contributed by atoms with van der Waals surface area (Å²) in [7, 11) is 0. The van der Waals surface area contributed by atoms with Gasteiger partial charge in [0.2, 0.25) is 0 Å². The van der Waals surface area contributed by atoms with Crippen LogP contribution in [0.25, 0.3) is 11.1 Å². The molecule has 0 unspecified atom stereocenters. The number of nitrogens with zero attached hydrogens (tertiary/aromatic N) is 2. The van der Waals surface area contributed by atoms with Crippen molar-refractivity contribution in [2.75, 3.05) is 6.67 Å². The van der Waals surface area contributed by atoms with Crippen LogP contribution in [-0.2, 0) is 0 Å². The molecule has 0 saturated carbocycles. The Morgan fingerprint density at radius 3 is 1.73 bits per heavy atom. The molecule has 1 heterocycles. The standard InChI is InChI=1S/C21H17N3.C2H6/c1-3-8-16(9-4-1)18-12-7-13-19(14-18)21-23-15-22-20(24-21)17-10-5-2-6-11-17;1-2/h1-14H,15H2,(H,22,23,24);1-2H3. The summed E-state index contributed by atoms with van der Waals surface area (Å²) in [6.45, 7) is 4.45. The van der Waals surface area contributed by atoms with Gasteiger partial charge in [0.15, 0.2) is 0 Å². The molecule has 1 N–H and O–H groups in total. The van der Waals surface area contributed by atoms with Gasteiger partial charge in [0.25, 0.3) is 0 Å². The van der Waals surface area contributed by atoms with Gasteiger partial charge in [-0.3, -0.25) is 0 Å². The Labute approximate surface area is 155 Å². The second-order valence-electron chi connectivity index (χ2n) is 5.59. The molecule has 1 aliphatic rings. The molecular formula is C23H23N3. The van der Waals surface area contributed by atoms with Crippen LogP contribution < -0.4 is 5.32 Å². The Morgan fingerprint density at radius 2 is 1.08 bits per heavy atom. The zero-order chi connectivity index (χ0) is 18.2. The lowest BCUT2D eigenvalue weighted by atomic mass is 10.0. The first-order chi connectivity index (χ1) is 12.9. The summed E-state index contributed by atoms with van der Waals surface area (Å²) < 4.78 is 0. The Morgan fingerprint density at radius 1 is 0.577 bits per heavy atom. The van der Waals surface area contributed by atoms with Gasteiger partial charge in [-0.25, -0.2) is 9.98 Å². The smallest absolute Gasteiger partial charge is 0.135 e. The minimum Gasteiger partial charge on any atom is -0.324 e. The van der Waals surface area contributed by atoms with Crippen LogP contribution in [-0.4, -0.2) is 18.3 Å². The van der Waals surface area contributed by atoms with Crippen LogP contribution in [0.2, 0.25) is 0 Å². The first-order valence-electron chi connectivity index (χ1n) is 8.97. The monoisotopic (exact) mass is 341 g/mol. The highest BCUT2D eigenvalue weighted by atomic mass is 15.1. The van der Waals surface area contributed by atoms with Crippen LogP contribution in [0.1, 0.15) is 25.0 Å². The zero-order valence-electron chi connectivity index (χ0n) is 15.2. The molecule has 0 bridgehead atoms. The van der Waals surface area contributed by atoms with E-state index in [2.05, 4.69) is 76.0 Å². The maximum atomic E-state index is 4.53. The summed E-state index contributed by atoms with van der Waals surface area (Å²) in [6, 6.07) is 28.9. The fourth-order valence-electron chi connectivity index (χ4n) is 2.77. The molecule has 0 atom stereocenters. The summed E-state index contributed by atoms with van der Waals surface area (Å²) in [5.74, 6) is 1.73. The Kier molecular flexibility index (Phi) is 5.94. The molecule has 0 fully saturated rings. The van der Waals surface area contributed by atoms with Crippen molar-refractivity contribution in [2.45, 2.75) is 13.8 Å². The van der Waals surface area contributed by atoms with Crippen molar-refractivity contribution < 1.29 is 0 Å². The van der Waals surface area contributed by atoms with E-state index in [1.807, 2.05) is 38.1 Å². The van der Waals surface area contributed by atoms with Gasteiger partial charge in [0, 0.05) is 11.1 Å². The van der Waals surface area contributed by atoms with E-state index < -0.39 is 0 Å². The number of hydrogen-bond acceptors (Lipinski definition) is 3. The molecule has 0 spiro atoms. The minimum absolute atomic E-state index is 0.447. The Hall–Kier alpha value is -3.20. The third kappa shape index (κ3) is 4.06. The fourth-order valence-corrected chi connectivity index (χ4v) is 2.77. The number of rotatable bonds is 3. The van der Waals surface area contributed by atoms with Crippen LogP contribution in [0.15, 0.2) is 94.9 Å². The van der Waals surface area contributed by atoms with Crippen LogP contribution in [0.3, 0.4) is 0 Å². The Bertz CT molecular complexity index is 897. The van der Waals surface area contributed by atoms with Crippen molar-refractivity contribution in [2.24, 2.45) is 9.98 Å². The van der Waals surface area contributed by atoms with Gasteiger partial charge >= 0.3 is 0 Å². The summed E-state index contributed by atoms with van der Waals surface area (Å²) in [6.07, 6.45) is 0. The maximum Gasteiger partial charge on any atom is 0.135 e. The van der Waals surface area contributed by atoms with Crippen molar-refractivity contribution >= 4 is 11.7 Å². The van der Waals surface area contributed by atoms with E-state index in [1.54, 1.807) is 0 Å².